The molecule has 0 saturated carbocycles. The van der Waals surface area contributed by atoms with E-state index >= 15 is 0 Å². The predicted molar refractivity (Wildman–Crippen MR) is 249 cm³/mol. The molecule has 0 spiro atoms. The number of aromatic amines is 2. The van der Waals surface area contributed by atoms with Gasteiger partial charge in [-0.05, 0) is 71.7 Å². The standard InChI is InChI=1S/C18H18N2OS.2C14H12N2O.CHF3O3S/c1-14(13-22-2)20-17-11-7-6-10-16(17)19(18(20)21)12-15-8-4-3-5-9-15;2*17-14-15-12-8-4-5-9-13(12)16(14)10-11-6-2-1-3-7-11;2-1(3,4)8(5,6)7/h3-11,13H,12H2,1-2H3;2*1-9H,10H2,(H,15,17);(H,5,6,7)/b14-13-;;;. The molecule has 9 rings (SSSR count). The van der Waals surface area contributed by atoms with Gasteiger partial charge < -0.3 is 9.97 Å². The lowest BCUT2D eigenvalue weighted by Gasteiger charge is -2.03. The SMILES string of the molecule is CS/C=C(/C)n1c(=O)n(Cc2ccccc2)c2ccccc21.O=S(=O)(O)C(F)(F)F.O=c1[nH]c2ccccc2n1Cc1ccccc1.O=c1[nH]c2ccccc2n1Cc1ccccc1. The zero-order valence-corrected chi connectivity index (χ0v) is 36.1. The summed E-state index contributed by atoms with van der Waals surface area (Å²) in [5, 5.41) is 2.00. The second-order valence-corrected chi connectivity index (χ2v) is 16.3. The van der Waals surface area contributed by atoms with Gasteiger partial charge in [0.25, 0.3) is 0 Å². The van der Waals surface area contributed by atoms with E-state index in [-0.39, 0.29) is 17.1 Å². The molecular weight excluding hydrogens is 866 g/mol. The van der Waals surface area contributed by atoms with Gasteiger partial charge in [0.15, 0.2) is 0 Å². The molecule has 0 unspecified atom stereocenters. The maximum Gasteiger partial charge on any atom is 0.522 e. The van der Waals surface area contributed by atoms with Crippen molar-refractivity contribution in [1.29, 1.82) is 0 Å². The normalized spacial score (nSPS) is 11.6. The van der Waals surface area contributed by atoms with E-state index in [9.17, 15) is 27.6 Å². The summed E-state index contributed by atoms with van der Waals surface area (Å²) in [6, 6.07) is 53.4. The van der Waals surface area contributed by atoms with Crippen molar-refractivity contribution in [3.63, 3.8) is 0 Å². The summed E-state index contributed by atoms with van der Waals surface area (Å²) in [7, 11) is -5.84. The zero-order valence-electron chi connectivity index (χ0n) is 34.5. The van der Waals surface area contributed by atoms with E-state index in [0.717, 1.165) is 55.5 Å². The molecule has 0 aliphatic heterocycles. The Morgan fingerprint density at radius 1 is 0.562 bits per heavy atom. The lowest BCUT2D eigenvalue weighted by Crippen LogP contribution is -2.23. The van der Waals surface area contributed by atoms with E-state index in [1.54, 1.807) is 25.5 Å². The third kappa shape index (κ3) is 11.5. The number of rotatable bonds is 8. The van der Waals surface area contributed by atoms with Crippen molar-refractivity contribution < 1.29 is 26.1 Å². The lowest BCUT2D eigenvalue weighted by molar-refractivity contribution is -0.0510. The van der Waals surface area contributed by atoms with Crippen molar-refractivity contribution in [2.45, 2.75) is 32.1 Å². The van der Waals surface area contributed by atoms with Crippen LogP contribution in [0, 0.1) is 0 Å². The highest BCUT2D eigenvalue weighted by Gasteiger charge is 2.44. The fraction of sp³-hybridized carbons (Fsp3) is 0.128. The average Bonchev–Trinajstić information content (AvgIpc) is 3.88. The van der Waals surface area contributed by atoms with Gasteiger partial charge in [0.2, 0.25) is 0 Å². The van der Waals surface area contributed by atoms with Crippen molar-refractivity contribution in [1.82, 2.24) is 28.2 Å². The summed E-state index contributed by atoms with van der Waals surface area (Å²) in [6.07, 6.45) is 2.00. The minimum Gasteiger partial charge on any atom is -0.306 e. The van der Waals surface area contributed by atoms with Crippen LogP contribution in [0.25, 0.3) is 38.8 Å². The van der Waals surface area contributed by atoms with Crippen LogP contribution in [0.3, 0.4) is 0 Å². The first kappa shape index (κ1) is 46.4. The Hall–Kier alpha value is -7.08. The number of aromatic nitrogens is 6. The number of halogens is 3. The summed E-state index contributed by atoms with van der Waals surface area (Å²) < 4.78 is 64.7. The van der Waals surface area contributed by atoms with Crippen molar-refractivity contribution in [2.75, 3.05) is 6.26 Å². The van der Waals surface area contributed by atoms with Crippen molar-refractivity contribution in [3.8, 4) is 0 Å². The molecule has 9 aromatic rings. The molecule has 64 heavy (non-hydrogen) atoms. The average molecular weight is 909 g/mol. The van der Waals surface area contributed by atoms with E-state index in [2.05, 4.69) is 9.97 Å². The summed E-state index contributed by atoms with van der Waals surface area (Å²) >= 11 is 1.60. The second-order valence-electron chi connectivity index (χ2n) is 14.1. The summed E-state index contributed by atoms with van der Waals surface area (Å²) in [5.74, 6) is 0. The molecule has 0 saturated heterocycles. The second kappa shape index (κ2) is 20.9. The van der Waals surface area contributed by atoms with Crippen molar-refractivity contribution in [2.24, 2.45) is 0 Å². The van der Waals surface area contributed by atoms with E-state index in [0.29, 0.717) is 19.6 Å². The molecule has 3 N–H and O–H groups in total. The van der Waals surface area contributed by atoms with E-state index in [1.807, 2.05) is 187 Å². The number of alkyl halides is 3. The van der Waals surface area contributed by atoms with Crippen LogP contribution in [0.2, 0.25) is 0 Å². The number of fused-ring (bicyclic) bond motifs is 3. The quantitative estimate of drug-likeness (QED) is 0.101. The van der Waals surface area contributed by atoms with Crippen LogP contribution in [-0.4, -0.2) is 53.0 Å². The molecular formula is C47H43F3N6O6S2. The Morgan fingerprint density at radius 3 is 1.27 bits per heavy atom. The highest BCUT2D eigenvalue weighted by Crippen LogP contribution is 2.21. The van der Waals surface area contributed by atoms with E-state index in [1.165, 1.54) is 0 Å². The van der Waals surface area contributed by atoms with Crippen LogP contribution < -0.4 is 17.1 Å². The number of hydrogen-bond donors (Lipinski definition) is 3. The topological polar surface area (TPSA) is 157 Å². The largest absolute Gasteiger partial charge is 0.522 e. The van der Waals surface area contributed by atoms with Crippen LogP contribution in [-0.2, 0) is 29.8 Å². The number of nitrogens with zero attached hydrogens (tertiary/aromatic N) is 4. The van der Waals surface area contributed by atoms with Gasteiger partial charge in [-0.25, -0.2) is 14.4 Å². The number of H-pyrrole nitrogens is 2. The van der Waals surface area contributed by atoms with E-state index in [4.69, 9.17) is 13.0 Å². The summed E-state index contributed by atoms with van der Waals surface area (Å²) in [5.41, 5.74) is 4.24. The molecule has 3 aromatic heterocycles. The maximum atomic E-state index is 12.9. The maximum absolute atomic E-state index is 12.9. The highest BCUT2D eigenvalue weighted by molar-refractivity contribution is 8.01. The molecule has 0 fully saturated rings. The van der Waals surface area contributed by atoms with Crippen molar-refractivity contribution >= 4 is 60.7 Å². The Balaban J connectivity index is 0.000000148. The molecule has 3 heterocycles. The first-order valence-corrected chi connectivity index (χ1v) is 22.3. The first-order chi connectivity index (χ1) is 30.7. The Kier molecular flexibility index (Phi) is 15.1. The van der Waals surface area contributed by atoms with Gasteiger partial charge >= 0.3 is 32.7 Å². The number of para-hydroxylation sites is 6. The number of allylic oxidation sites excluding steroid dienone is 1. The molecule has 0 aliphatic carbocycles. The molecule has 330 valence electrons. The number of benzene rings is 6. The van der Waals surface area contributed by atoms with Gasteiger partial charge in [-0.1, -0.05) is 127 Å². The Bertz CT molecular complexity index is 3160. The molecule has 0 amide bonds. The van der Waals surface area contributed by atoms with Gasteiger partial charge in [-0.15, -0.1) is 11.8 Å². The molecule has 0 bridgehead atoms. The number of imidazole rings is 3. The molecule has 0 aliphatic rings. The minimum absolute atomic E-state index is 0.00727. The van der Waals surface area contributed by atoms with Gasteiger partial charge in [0.1, 0.15) is 0 Å². The van der Waals surface area contributed by atoms with Crippen LogP contribution in [0.4, 0.5) is 13.2 Å². The molecule has 0 atom stereocenters. The highest BCUT2D eigenvalue weighted by atomic mass is 32.2. The number of hydrogen-bond acceptors (Lipinski definition) is 6. The fourth-order valence-electron chi connectivity index (χ4n) is 6.75. The predicted octanol–water partition coefficient (Wildman–Crippen LogP) is 9.18. The van der Waals surface area contributed by atoms with Crippen LogP contribution >= 0.6 is 11.8 Å². The van der Waals surface area contributed by atoms with Crippen LogP contribution in [0.5, 0.6) is 0 Å². The van der Waals surface area contributed by atoms with Crippen LogP contribution in [0.1, 0.15) is 23.6 Å². The monoisotopic (exact) mass is 908 g/mol. The van der Waals surface area contributed by atoms with Crippen LogP contribution in [0.15, 0.2) is 184 Å². The van der Waals surface area contributed by atoms with Gasteiger partial charge in [-0.3, -0.25) is 22.8 Å². The molecule has 12 nitrogen and oxygen atoms in total. The van der Waals surface area contributed by atoms with Gasteiger partial charge in [0, 0.05) is 5.70 Å². The van der Waals surface area contributed by atoms with E-state index < -0.39 is 15.6 Å². The third-order valence-corrected chi connectivity index (χ3v) is 10.8. The first-order valence-electron chi connectivity index (χ1n) is 19.6. The summed E-state index contributed by atoms with van der Waals surface area (Å²) in [4.78, 5) is 42.3. The molecule has 17 heteroatoms. The lowest BCUT2D eigenvalue weighted by atomic mass is 10.2. The van der Waals surface area contributed by atoms with Gasteiger partial charge in [-0.2, -0.15) is 21.6 Å². The smallest absolute Gasteiger partial charge is 0.306 e. The number of nitrogens with one attached hydrogen (secondary N) is 2. The fourth-order valence-corrected chi connectivity index (χ4v) is 7.20. The molecule has 0 radical (unpaired) electrons. The zero-order chi connectivity index (χ0) is 45.9. The number of thioether (sulfide) groups is 1. The summed E-state index contributed by atoms with van der Waals surface area (Å²) in [6.45, 7) is 3.75. The Labute approximate surface area is 369 Å². The third-order valence-electron chi connectivity index (χ3n) is 9.68. The molecule has 6 aromatic carbocycles. The van der Waals surface area contributed by atoms with Crippen molar-refractivity contribution in [3.05, 3.63) is 217 Å². The van der Waals surface area contributed by atoms with Gasteiger partial charge in [0.05, 0.1) is 52.7 Å². The minimum atomic E-state index is -5.84. The Morgan fingerprint density at radius 2 is 0.891 bits per heavy atom.